The second kappa shape index (κ2) is 9.17. The summed E-state index contributed by atoms with van der Waals surface area (Å²) in [5, 5.41) is 3.41. The Morgan fingerprint density at radius 1 is 1.00 bits per heavy atom. The zero-order chi connectivity index (χ0) is 16.5. The Labute approximate surface area is 146 Å². The maximum absolute atomic E-state index is 12.0. The van der Waals surface area contributed by atoms with E-state index in [4.69, 9.17) is 12.2 Å². The Kier molecular flexibility index (Phi) is 6.90. The number of rotatable bonds is 5. The van der Waals surface area contributed by atoms with E-state index in [9.17, 15) is 4.79 Å². The summed E-state index contributed by atoms with van der Waals surface area (Å²) < 4.78 is 0. The summed E-state index contributed by atoms with van der Waals surface area (Å²) >= 11 is 6.89. The van der Waals surface area contributed by atoms with Gasteiger partial charge in [-0.3, -0.25) is 15.6 Å². The van der Waals surface area contributed by atoms with E-state index < -0.39 is 0 Å². The van der Waals surface area contributed by atoms with Gasteiger partial charge in [-0.1, -0.05) is 42.5 Å². The van der Waals surface area contributed by atoms with Crippen LogP contribution >= 0.6 is 24.0 Å². The van der Waals surface area contributed by atoms with Gasteiger partial charge in [0.05, 0.1) is 0 Å². The van der Waals surface area contributed by atoms with Crippen LogP contribution in [-0.4, -0.2) is 17.3 Å². The van der Waals surface area contributed by atoms with E-state index in [2.05, 4.69) is 16.2 Å². The molecule has 1 amide bonds. The lowest BCUT2D eigenvalue weighted by Gasteiger charge is -2.12. The Morgan fingerprint density at radius 3 is 2.35 bits per heavy atom. The zero-order valence-corrected chi connectivity index (χ0v) is 14.5. The van der Waals surface area contributed by atoms with E-state index in [1.807, 2.05) is 60.9 Å². The van der Waals surface area contributed by atoms with Gasteiger partial charge >= 0.3 is 0 Å². The molecule has 0 saturated heterocycles. The smallest absolute Gasteiger partial charge is 0.269 e. The molecule has 0 atom stereocenters. The van der Waals surface area contributed by atoms with Gasteiger partial charge in [0.2, 0.25) is 0 Å². The topological polar surface area (TPSA) is 53.2 Å². The first-order valence-electron chi connectivity index (χ1n) is 7.15. The van der Waals surface area contributed by atoms with Crippen molar-refractivity contribution in [1.29, 1.82) is 0 Å². The molecule has 23 heavy (non-hydrogen) atoms. The second-order valence-corrected chi connectivity index (χ2v) is 6.15. The number of carbonyl (C=O) groups excluding carboxylic acids is 1. The number of thioether (sulfide) groups is 1. The zero-order valence-electron chi connectivity index (χ0n) is 12.8. The highest BCUT2D eigenvalue weighted by molar-refractivity contribution is 7.97. The molecule has 2 aromatic rings. The van der Waals surface area contributed by atoms with Crippen molar-refractivity contribution in [3.05, 3.63) is 71.3 Å². The molecule has 3 N–H and O–H groups in total. The van der Waals surface area contributed by atoms with Crippen molar-refractivity contribution in [3.8, 4) is 0 Å². The van der Waals surface area contributed by atoms with Crippen LogP contribution < -0.4 is 16.2 Å². The van der Waals surface area contributed by atoms with E-state index in [1.165, 1.54) is 5.56 Å². The average molecular weight is 345 g/mol. The predicted octanol–water partition coefficient (Wildman–Crippen LogP) is 2.86. The summed E-state index contributed by atoms with van der Waals surface area (Å²) in [4.78, 5) is 12.0. The van der Waals surface area contributed by atoms with Crippen LogP contribution in [0.15, 0.2) is 54.6 Å². The largest absolute Gasteiger partial charge is 0.357 e. The second-order valence-electron chi connectivity index (χ2n) is 4.88. The first kappa shape index (κ1) is 17.3. The quantitative estimate of drug-likeness (QED) is 0.575. The number of amides is 1. The number of carbonyl (C=O) groups is 1. The van der Waals surface area contributed by atoms with Crippen LogP contribution in [0.1, 0.15) is 21.5 Å². The third-order valence-corrected chi connectivity index (χ3v) is 3.98. The number of benzene rings is 2. The van der Waals surface area contributed by atoms with Crippen LogP contribution in [0.3, 0.4) is 0 Å². The highest BCUT2D eigenvalue weighted by Gasteiger charge is 2.05. The maximum atomic E-state index is 12.0. The fourth-order valence-electron chi connectivity index (χ4n) is 1.93. The average Bonchev–Trinajstić information content (AvgIpc) is 2.59. The van der Waals surface area contributed by atoms with E-state index in [-0.39, 0.29) is 5.91 Å². The normalized spacial score (nSPS) is 9.96. The molecule has 0 aliphatic carbocycles. The minimum absolute atomic E-state index is 0.218. The molecule has 0 saturated carbocycles. The van der Waals surface area contributed by atoms with Gasteiger partial charge in [0.1, 0.15) is 0 Å². The summed E-state index contributed by atoms with van der Waals surface area (Å²) in [6.07, 6.45) is 2.05. The molecule has 0 aromatic heterocycles. The third-order valence-electron chi connectivity index (χ3n) is 3.11. The molecular weight excluding hydrogens is 326 g/mol. The molecule has 120 valence electrons. The third kappa shape index (κ3) is 5.92. The number of thiocarbonyl (C=S) groups is 1. The number of hydrogen-bond donors (Lipinski definition) is 3. The highest BCUT2D eigenvalue weighted by Crippen LogP contribution is 2.10. The monoisotopic (exact) mass is 345 g/mol. The number of hydrogen-bond acceptors (Lipinski definition) is 3. The lowest BCUT2D eigenvalue weighted by molar-refractivity contribution is 0.0943. The van der Waals surface area contributed by atoms with Crippen molar-refractivity contribution in [2.24, 2.45) is 0 Å². The van der Waals surface area contributed by atoms with Crippen molar-refractivity contribution in [1.82, 2.24) is 16.2 Å². The van der Waals surface area contributed by atoms with Gasteiger partial charge in [-0.2, -0.15) is 11.8 Å². The first-order chi connectivity index (χ1) is 11.2. The predicted molar refractivity (Wildman–Crippen MR) is 100 cm³/mol. The van der Waals surface area contributed by atoms with Crippen LogP contribution in [0, 0.1) is 0 Å². The van der Waals surface area contributed by atoms with E-state index in [1.54, 1.807) is 11.8 Å². The Balaban J connectivity index is 1.76. The van der Waals surface area contributed by atoms with Gasteiger partial charge < -0.3 is 5.32 Å². The highest BCUT2D eigenvalue weighted by atomic mass is 32.2. The van der Waals surface area contributed by atoms with Crippen LogP contribution in [0.5, 0.6) is 0 Å². The lowest BCUT2D eigenvalue weighted by atomic mass is 10.1. The van der Waals surface area contributed by atoms with Crippen molar-refractivity contribution in [2.45, 2.75) is 12.3 Å². The summed E-state index contributed by atoms with van der Waals surface area (Å²) in [5.74, 6) is 0.720. The van der Waals surface area contributed by atoms with Gasteiger partial charge in [-0.05, 0) is 41.7 Å². The van der Waals surface area contributed by atoms with E-state index in [0.29, 0.717) is 17.2 Å². The molecule has 2 aromatic carbocycles. The number of nitrogens with one attached hydrogen (secondary N) is 3. The Bertz CT molecular complexity index is 645. The molecule has 2 rings (SSSR count). The summed E-state index contributed by atoms with van der Waals surface area (Å²) in [6, 6.07) is 17.4. The fraction of sp³-hybridized carbons (Fsp3) is 0.176. The Morgan fingerprint density at radius 2 is 1.70 bits per heavy atom. The summed E-state index contributed by atoms with van der Waals surface area (Å²) in [6.45, 7) is 0.603. The van der Waals surface area contributed by atoms with Crippen LogP contribution in [0.4, 0.5) is 0 Å². The SMILES string of the molecule is CSCc1ccc(C(=O)NNC(=S)NCc2ccccc2)cc1. The van der Waals surface area contributed by atoms with Crippen molar-refractivity contribution in [2.75, 3.05) is 6.26 Å². The molecule has 0 heterocycles. The maximum Gasteiger partial charge on any atom is 0.269 e. The minimum atomic E-state index is -0.218. The molecule has 0 aliphatic heterocycles. The van der Waals surface area contributed by atoms with Crippen LogP contribution in [-0.2, 0) is 12.3 Å². The first-order valence-corrected chi connectivity index (χ1v) is 8.95. The summed E-state index contributed by atoms with van der Waals surface area (Å²) in [7, 11) is 0. The molecule has 0 radical (unpaired) electrons. The van der Waals surface area contributed by atoms with E-state index >= 15 is 0 Å². The molecule has 6 heteroatoms. The van der Waals surface area contributed by atoms with Crippen molar-refractivity contribution in [3.63, 3.8) is 0 Å². The van der Waals surface area contributed by atoms with Gasteiger partial charge in [-0.25, -0.2) is 0 Å². The molecule has 0 aliphatic rings. The molecule has 0 spiro atoms. The fourth-order valence-corrected chi connectivity index (χ4v) is 2.58. The van der Waals surface area contributed by atoms with Crippen LogP contribution in [0.25, 0.3) is 0 Å². The van der Waals surface area contributed by atoms with Crippen molar-refractivity contribution >= 4 is 35.0 Å². The van der Waals surface area contributed by atoms with Gasteiger partial charge in [0.15, 0.2) is 5.11 Å². The van der Waals surface area contributed by atoms with Gasteiger partial charge in [-0.15, -0.1) is 0 Å². The standard InChI is InChI=1S/C17H19N3OS2/c1-23-12-14-7-9-15(10-8-14)16(21)19-20-17(22)18-11-13-5-3-2-4-6-13/h2-10H,11-12H2,1H3,(H,19,21)(H2,18,20,22). The molecule has 0 bridgehead atoms. The molecular formula is C17H19N3OS2. The summed E-state index contributed by atoms with van der Waals surface area (Å²) in [5.41, 5.74) is 8.20. The van der Waals surface area contributed by atoms with Crippen molar-refractivity contribution < 1.29 is 4.79 Å². The number of hydrazine groups is 1. The Hall–Kier alpha value is -2.05. The molecule has 0 unspecified atom stereocenters. The van der Waals surface area contributed by atoms with Gasteiger partial charge in [0, 0.05) is 17.9 Å². The van der Waals surface area contributed by atoms with E-state index in [0.717, 1.165) is 11.3 Å². The lowest BCUT2D eigenvalue weighted by Crippen LogP contribution is -2.46. The molecule has 0 fully saturated rings. The minimum Gasteiger partial charge on any atom is -0.357 e. The molecule has 4 nitrogen and oxygen atoms in total. The van der Waals surface area contributed by atoms with Gasteiger partial charge in [0.25, 0.3) is 5.91 Å². The van der Waals surface area contributed by atoms with Crippen LogP contribution in [0.2, 0.25) is 0 Å².